The molecule has 1 aliphatic rings. The molecule has 1 aromatic carbocycles. The van der Waals surface area contributed by atoms with Crippen LogP contribution in [0.3, 0.4) is 0 Å². The second kappa shape index (κ2) is 5.50. The van der Waals surface area contributed by atoms with Gasteiger partial charge in [0.1, 0.15) is 0 Å². The summed E-state index contributed by atoms with van der Waals surface area (Å²) in [6.45, 7) is 3.55. The number of hydrogen-bond acceptors (Lipinski definition) is 1. The Bertz CT molecular complexity index is 323. The van der Waals surface area contributed by atoms with Crippen molar-refractivity contribution < 1.29 is 0 Å². The Kier molecular flexibility index (Phi) is 4.25. The molecule has 0 amide bonds. The summed E-state index contributed by atoms with van der Waals surface area (Å²) in [7, 11) is 0. The molecule has 0 aliphatic carbocycles. The fraction of sp³-hybridized carbons (Fsp3) is 0.571. The molecule has 1 aliphatic heterocycles. The normalized spacial score (nSPS) is 26.4. The second-order valence-electron chi connectivity index (χ2n) is 5.10. The van der Waals surface area contributed by atoms with Gasteiger partial charge in [0.2, 0.25) is 0 Å². The molecule has 0 aromatic heterocycles. The van der Waals surface area contributed by atoms with Crippen molar-refractivity contribution >= 4 is 22.6 Å². The number of hydrogen-bond donors (Lipinski definition) is 1. The highest BCUT2D eigenvalue weighted by Crippen LogP contribution is 2.23. The van der Waals surface area contributed by atoms with E-state index in [1.807, 2.05) is 0 Å². The molecule has 1 heterocycles. The SMILES string of the molecule is CC1(Cc2ccc(I)cc2)CCCCCN1. The van der Waals surface area contributed by atoms with Gasteiger partial charge >= 0.3 is 0 Å². The minimum absolute atomic E-state index is 0.309. The van der Waals surface area contributed by atoms with E-state index in [0.29, 0.717) is 5.54 Å². The van der Waals surface area contributed by atoms with Crippen LogP contribution in [-0.4, -0.2) is 12.1 Å². The van der Waals surface area contributed by atoms with Gasteiger partial charge in [-0.15, -0.1) is 0 Å². The summed E-state index contributed by atoms with van der Waals surface area (Å²) in [6, 6.07) is 8.94. The van der Waals surface area contributed by atoms with Crippen molar-refractivity contribution in [1.82, 2.24) is 5.32 Å². The first-order valence-electron chi connectivity index (χ1n) is 6.17. The molecule has 1 nitrogen and oxygen atoms in total. The van der Waals surface area contributed by atoms with Gasteiger partial charge < -0.3 is 5.32 Å². The lowest BCUT2D eigenvalue weighted by atomic mass is 9.88. The summed E-state index contributed by atoms with van der Waals surface area (Å²) in [5, 5.41) is 3.72. The maximum Gasteiger partial charge on any atom is 0.0193 e. The van der Waals surface area contributed by atoms with Crippen molar-refractivity contribution in [2.45, 2.75) is 44.6 Å². The third-order valence-corrected chi connectivity index (χ3v) is 4.18. The van der Waals surface area contributed by atoms with Gasteiger partial charge in [-0.25, -0.2) is 0 Å². The Hall–Kier alpha value is -0.0900. The van der Waals surface area contributed by atoms with Crippen LogP contribution in [0.1, 0.15) is 38.2 Å². The molecule has 0 bridgehead atoms. The summed E-state index contributed by atoms with van der Waals surface area (Å²) < 4.78 is 1.32. The van der Waals surface area contributed by atoms with Crippen LogP contribution in [0.4, 0.5) is 0 Å². The van der Waals surface area contributed by atoms with Gasteiger partial charge in [0.15, 0.2) is 0 Å². The van der Waals surface area contributed by atoms with Crippen molar-refractivity contribution in [2.75, 3.05) is 6.54 Å². The highest BCUT2D eigenvalue weighted by molar-refractivity contribution is 14.1. The van der Waals surface area contributed by atoms with E-state index >= 15 is 0 Å². The predicted octanol–water partition coefficient (Wildman–Crippen LogP) is 3.76. The third kappa shape index (κ3) is 3.45. The lowest BCUT2D eigenvalue weighted by molar-refractivity contribution is 0.345. The van der Waals surface area contributed by atoms with Gasteiger partial charge in [-0.2, -0.15) is 0 Å². The van der Waals surface area contributed by atoms with E-state index in [1.54, 1.807) is 0 Å². The Labute approximate surface area is 112 Å². The van der Waals surface area contributed by atoms with Gasteiger partial charge in [-0.1, -0.05) is 25.0 Å². The summed E-state index contributed by atoms with van der Waals surface area (Å²) in [6.07, 6.45) is 6.55. The molecule has 1 fully saturated rings. The van der Waals surface area contributed by atoms with E-state index in [1.165, 1.54) is 41.4 Å². The van der Waals surface area contributed by atoms with E-state index in [9.17, 15) is 0 Å². The summed E-state index contributed by atoms with van der Waals surface area (Å²) in [4.78, 5) is 0. The lowest BCUT2D eigenvalue weighted by Gasteiger charge is -2.29. The molecule has 2 rings (SSSR count). The van der Waals surface area contributed by atoms with E-state index in [0.717, 1.165) is 6.42 Å². The smallest absolute Gasteiger partial charge is 0.0193 e. The summed E-state index contributed by atoms with van der Waals surface area (Å²) >= 11 is 2.36. The van der Waals surface area contributed by atoms with Crippen molar-refractivity contribution in [2.24, 2.45) is 0 Å². The van der Waals surface area contributed by atoms with Crippen LogP contribution < -0.4 is 5.32 Å². The molecule has 0 spiro atoms. The van der Waals surface area contributed by atoms with Crippen LogP contribution in [0, 0.1) is 3.57 Å². The predicted molar refractivity (Wildman–Crippen MR) is 77.7 cm³/mol. The van der Waals surface area contributed by atoms with Gasteiger partial charge in [0.05, 0.1) is 0 Å². The first-order chi connectivity index (χ1) is 7.68. The van der Waals surface area contributed by atoms with Gasteiger partial charge in [0.25, 0.3) is 0 Å². The van der Waals surface area contributed by atoms with E-state index in [4.69, 9.17) is 0 Å². The molecular weight excluding hydrogens is 309 g/mol. The summed E-state index contributed by atoms with van der Waals surface area (Å²) in [5.41, 5.74) is 1.76. The average molecular weight is 329 g/mol. The number of nitrogens with one attached hydrogen (secondary N) is 1. The molecule has 0 radical (unpaired) electrons. The molecule has 1 aromatic rings. The molecule has 16 heavy (non-hydrogen) atoms. The Balaban J connectivity index is 2.04. The molecular formula is C14H20IN. The molecule has 0 saturated carbocycles. The quantitative estimate of drug-likeness (QED) is 0.815. The van der Waals surface area contributed by atoms with Crippen LogP contribution in [0.15, 0.2) is 24.3 Å². The first kappa shape index (κ1) is 12.4. The molecule has 1 saturated heterocycles. The minimum Gasteiger partial charge on any atom is -0.311 e. The first-order valence-corrected chi connectivity index (χ1v) is 7.25. The van der Waals surface area contributed by atoms with Gasteiger partial charge in [-0.05, 0) is 73.0 Å². The average Bonchev–Trinajstić information content (AvgIpc) is 2.47. The van der Waals surface area contributed by atoms with Crippen molar-refractivity contribution in [1.29, 1.82) is 0 Å². The number of halogens is 1. The van der Waals surface area contributed by atoms with E-state index in [2.05, 4.69) is 59.1 Å². The zero-order valence-corrected chi connectivity index (χ0v) is 12.1. The zero-order chi connectivity index (χ0) is 11.4. The molecule has 1 unspecified atom stereocenters. The van der Waals surface area contributed by atoms with Crippen molar-refractivity contribution in [3.8, 4) is 0 Å². The lowest BCUT2D eigenvalue weighted by Crippen LogP contribution is -2.43. The fourth-order valence-corrected chi connectivity index (χ4v) is 2.86. The maximum absolute atomic E-state index is 3.72. The van der Waals surface area contributed by atoms with Crippen LogP contribution in [-0.2, 0) is 6.42 Å². The second-order valence-corrected chi connectivity index (χ2v) is 6.35. The monoisotopic (exact) mass is 329 g/mol. The van der Waals surface area contributed by atoms with Crippen molar-refractivity contribution in [3.05, 3.63) is 33.4 Å². The Morgan fingerprint density at radius 3 is 2.69 bits per heavy atom. The Morgan fingerprint density at radius 1 is 1.19 bits per heavy atom. The van der Waals surface area contributed by atoms with Gasteiger partial charge in [0, 0.05) is 9.11 Å². The number of rotatable bonds is 2. The maximum atomic E-state index is 3.72. The molecule has 88 valence electrons. The summed E-state index contributed by atoms with van der Waals surface area (Å²) in [5.74, 6) is 0. The highest BCUT2D eigenvalue weighted by Gasteiger charge is 2.24. The van der Waals surface area contributed by atoms with E-state index < -0.39 is 0 Å². The molecule has 1 N–H and O–H groups in total. The Morgan fingerprint density at radius 2 is 1.94 bits per heavy atom. The number of benzene rings is 1. The van der Waals surface area contributed by atoms with Gasteiger partial charge in [-0.3, -0.25) is 0 Å². The topological polar surface area (TPSA) is 12.0 Å². The highest BCUT2D eigenvalue weighted by atomic mass is 127. The van der Waals surface area contributed by atoms with E-state index in [-0.39, 0.29) is 0 Å². The minimum atomic E-state index is 0.309. The molecule has 2 heteroatoms. The fourth-order valence-electron chi connectivity index (χ4n) is 2.50. The van der Waals surface area contributed by atoms with Crippen LogP contribution >= 0.6 is 22.6 Å². The van der Waals surface area contributed by atoms with Crippen LogP contribution in [0.25, 0.3) is 0 Å². The third-order valence-electron chi connectivity index (χ3n) is 3.46. The van der Waals surface area contributed by atoms with Crippen LogP contribution in [0.2, 0.25) is 0 Å². The standard InChI is InChI=1S/C14H20IN/c1-14(9-3-2-4-10-16-14)11-12-5-7-13(15)8-6-12/h5-8,16H,2-4,9-11H2,1H3. The van der Waals surface area contributed by atoms with Crippen LogP contribution in [0.5, 0.6) is 0 Å². The van der Waals surface area contributed by atoms with Crippen molar-refractivity contribution in [3.63, 3.8) is 0 Å². The largest absolute Gasteiger partial charge is 0.311 e. The molecule has 1 atom stereocenters. The zero-order valence-electron chi connectivity index (χ0n) is 9.93.